The zero-order chi connectivity index (χ0) is 22.3. The molecule has 30 heavy (non-hydrogen) atoms. The van der Waals surface area contributed by atoms with Crippen molar-refractivity contribution in [3.05, 3.63) is 65.2 Å². The fourth-order valence-electron chi connectivity index (χ4n) is 3.03. The van der Waals surface area contributed by atoms with E-state index in [9.17, 15) is 18.0 Å². The SMILES string of the molecule is CNC(=O)[C@H](C)N(CCc1ccccc1)C(=O)CN(c1ccccc1Cl)S(C)(=O)=O. The van der Waals surface area contributed by atoms with E-state index in [0.29, 0.717) is 6.42 Å². The van der Waals surface area contributed by atoms with Crippen LogP contribution in [0.2, 0.25) is 5.02 Å². The summed E-state index contributed by atoms with van der Waals surface area (Å²) in [5.74, 6) is -0.826. The van der Waals surface area contributed by atoms with E-state index in [1.807, 2.05) is 30.3 Å². The van der Waals surface area contributed by atoms with E-state index < -0.39 is 28.5 Å². The highest BCUT2D eigenvalue weighted by molar-refractivity contribution is 7.92. The van der Waals surface area contributed by atoms with Gasteiger partial charge in [0.2, 0.25) is 21.8 Å². The number of amides is 2. The Morgan fingerprint density at radius 2 is 1.67 bits per heavy atom. The van der Waals surface area contributed by atoms with Crippen molar-refractivity contribution >= 4 is 39.1 Å². The molecule has 0 aliphatic heterocycles. The summed E-state index contributed by atoms with van der Waals surface area (Å²) in [7, 11) is -2.30. The molecule has 1 atom stereocenters. The number of hydrogen-bond acceptors (Lipinski definition) is 4. The number of rotatable bonds is 9. The number of nitrogens with zero attached hydrogens (tertiary/aromatic N) is 2. The zero-order valence-corrected chi connectivity index (χ0v) is 18.8. The minimum Gasteiger partial charge on any atom is -0.357 e. The number of sulfonamides is 1. The first-order valence-corrected chi connectivity index (χ1v) is 11.6. The maximum atomic E-state index is 13.2. The van der Waals surface area contributed by atoms with E-state index >= 15 is 0 Å². The highest BCUT2D eigenvalue weighted by Crippen LogP contribution is 2.27. The third-order valence-corrected chi connectivity index (χ3v) is 6.14. The Bertz CT molecular complexity index is 983. The summed E-state index contributed by atoms with van der Waals surface area (Å²) in [6.07, 6.45) is 1.54. The molecule has 1 N–H and O–H groups in total. The number of nitrogens with one attached hydrogen (secondary N) is 1. The topological polar surface area (TPSA) is 86.8 Å². The summed E-state index contributed by atoms with van der Waals surface area (Å²) in [5.41, 5.74) is 1.22. The van der Waals surface area contributed by atoms with Gasteiger partial charge < -0.3 is 10.2 Å². The molecule has 0 heterocycles. The van der Waals surface area contributed by atoms with E-state index in [2.05, 4.69) is 5.32 Å². The van der Waals surface area contributed by atoms with Crippen LogP contribution >= 0.6 is 11.6 Å². The summed E-state index contributed by atoms with van der Waals surface area (Å²) < 4.78 is 25.8. The fourth-order valence-corrected chi connectivity index (χ4v) is 4.18. The lowest BCUT2D eigenvalue weighted by atomic mass is 10.1. The molecule has 0 bridgehead atoms. The van der Waals surface area contributed by atoms with Crippen LogP contribution in [0.3, 0.4) is 0 Å². The number of halogens is 1. The van der Waals surface area contributed by atoms with Crippen LogP contribution in [0.25, 0.3) is 0 Å². The monoisotopic (exact) mass is 451 g/mol. The third kappa shape index (κ3) is 6.21. The molecule has 0 radical (unpaired) electrons. The Morgan fingerprint density at radius 3 is 2.23 bits per heavy atom. The predicted octanol–water partition coefficient (Wildman–Crippen LogP) is 2.31. The number of para-hydroxylation sites is 1. The van der Waals surface area contributed by atoms with Gasteiger partial charge in [-0.1, -0.05) is 54.1 Å². The number of hydrogen-bond donors (Lipinski definition) is 1. The standard InChI is InChI=1S/C21H26ClN3O4S/c1-16(21(27)23-2)24(14-13-17-9-5-4-6-10-17)20(26)15-25(30(3,28)29)19-12-8-7-11-18(19)22/h4-12,16H,13-15H2,1-3H3,(H,23,27)/t16-/m0/s1. The first-order valence-electron chi connectivity index (χ1n) is 9.42. The van der Waals surface area contributed by atoms with E-state index in [1.54, 1.807) is 25.1 Å². The van der Waals surface area contributed by atoms with Gasteiger partial charge in [0.15, 0.2) is 0 Å². The molecule has 0 unspecified atom stereocenters. The maximum Gasteiger partial charge on any atom is 0.244 e. The van der Waals surface area contributed by atoms with Crippen LogP contribution in [0.5, 0.6) is 0 Å². The zero-order valence-electron chi connectivity index (χ0n) is 17.2. The second-order valence-electron chi connectivity index (χ2n) is 6.83. The highest BCUT2D eigenvalue weighted by Gasteiger charge is 2.30. The third-order valence-electron chi connectivity index (χ3n) is 4.70. The fraction of sp³-hybridized carbons (Fsp3) is 0.333. The molecule has 162 valence electrons. The number of carbonyl (C=O) groups excluding carboxylic acids is 2. The molecule has 0 saturated carbocycles. The van der Waals surface area contributed by atoms with E-state index in [1.165, 1.54) is 18.0 Å². The normalized spacial score (nSPS) is 12.1. The molecule has 2 amide bonds. The molecular weight excluding hydrogens is 426 g/mol. The van der Waals surface area contributed by atoms with Gasteiger partial charge in [0.1, 0.15) is 12.6 Å². The van der Waals surface area contributed by atoms with E-state index in [-0.39, 0.29) is 23.2 Å². The summed E-state index contributed by atoms with van der Waals surface area (Å²) in [5, 5.41) is 2.75. The summed E-state index contributed by atoms with van der Waals surface area (Å²) in [6, 6.07) is 15.2. The van der Waals surface area contributed by atoms with Crippen molar-refractivity contribution in [1.82, 2.24) is 10.2 Å². The number of anilines is 1. The number of carbonyl (C=O) groups is 2. The smallest absolute Gasteiger partial charge is 0.244 e. The summed E-state index contributed by atoms with van der Waals surface area (Å²) in [6.45, 7) is 1.41. The molecule has 0 aromatic heterocycles. The highest BCUT2D eigenvalue weighted by atomic mass is 35.5. The van der Waals surface area contributed by atoms with Crippen molar-refractivity contribution in [3.8, 4) is 0 Å². The molecule has 0 aliphatic carbocycles. The average molecular weight is 452 g/mol. The lowest BCUT2D eigenvalue weighted by Gasteiger charge is -2.31. The minimum absolute atomic E-state index is 0.214. The second-order valence-corrected chi connectivity index (χ2v) is 9.15. The van der Waals surface area contributed by atoms with Gasteiger partial charge in [0.25, 0.3) is 0 Å². The lowest BCUT2D eigenvalue weighted by molar-refractivity contribution is -0.138. The van der Waals surface area contributed by atoms with Crippen molar-refractivity contribution in [2.45, 2.75) is 19.4 Å². The first-order chi connectivity index (χ1) is 14.1. The van der Waals surface area contributed by atoms with Gasteiger partial charge in [0, 0.05) is 13.6 Å². The Balaban J connectivity index is 2.30. The maximum absolute atomic E-state index is 13.2. The number of likely N-dealkylation sites (N-methyl/N-ethyl adjacent to an activating group) is 1. The van der Waals surface area contributed by atoms with Crippen LogP contribution in [0.4, 0.5) is 5.69 Å². The largest absolute Gasteiger partial charge is 0.357 e. The lowest BCUT2D eigenvalue weighted by Crippen LogP contribution is -2.51. The van der Waals surface area contributed by atoms with Gasteiger partial charge in [-0.15, -0.1) is 0 Å². The Hall–Kier alpha value is -2.58. The van der Waals surface area contributed by atoms with E-state index in [4.69, 9.17) is 11.6 Å². The van der Waals surface area contributed by atoms with Gasteiger partial charge in [-0.05, 0) is 31.0 Å². The molecule has 2 aromatic rings. The van der Waals surface area contributed by atoms with Crippen LogP contribution < -0.4 is 9.62 Å². The van der Waals surface area contributed by atoms with Crippen LogP contribution in [-0.2, 0) is 26.0 Å². The van der Waals surface area contributed by atoms with Crippen molar-refractivity contribution in [2.24, 2.45) is 0 Å². The van der Waals surface area contributed by atoms with Crippen LogP contribution in [0.15, 0.2) is 54.6 Å². The molecular formula is C21H26ClN3O4S. The quantitative estimate of drug-likeness (QED) is 0.633. The van der Waals surface area contributed by atoms with Gasteiger partial charge in [-0.2, -0.15) is 0 Å². The molecule has 0 fully saturated rings. The molecule has 7 nitrogen and oxygen atoms in total. The Morgan fingerprint density at radius 1 is 1.07 bits per heavy atom. The van der Waals surface area contributed by atoms with Crippen LogP contribution in [-0.4, -0.2) is 57.6 Å². The van der Waals surface area contributed by atoms with Crippen molar-refractivity contribution in [2.75, 3.05) is 30.7 Å². The summed E-state index contributed by atoms with van der Waals surface area (Å²) in [4.78, 5) is 26.8. The molecule has 9 heteroatoms. The van der Waals surface area contributed by atoms with Gasteiger partial charge in [-0.3, -0.25) is 13.9 Å². The molecule has 0 saturated heterocycles. The minimum atomic E-state index is -3.79. The first kappa shape index (κ1) is 23.7. The van der Waals surface area contributed by atoms with Crippen molar-refractivity contribution in [1.29, 1.82) is 0 Å². The van der Waals surface area contributed by atoms with Gasteiger partial charge in [0.05, 0.1) is 17.0 Å². The van der Waals surface area contributed by atoms with Crippen LogP contribution in [0, 0.1) is 0 Å². The number of benzene rings is 2. The molecule has 0 spiro atoms. The predicted molar refractivity (Wildman–Crippen MR) is 119 cm³/mol. The van der Waals surface area contributed by atoms with E-state index in [0.717, 1.165) is 16.1 Å². The Kier molecular flexibility index (Phi) is 8.25. The molecule has 2 aromatic carbocycles. The van der Waals surface area contributed by atoms with Gasteiger partial charge in [-0.25, -0.2) is 8.42 Å². The molecule has 2 rings (SSSR count). The second kappa shape index (κ2) is 10.4. The Labute approximate surface area is 182 Å². The van der Waals surface area contributed by atoms with Crippen molar-refractivity contribution in [3.63, 3.8) is 0 Å². The van der Waals surface area contributed by atoms with Crippen molar-refractivity contribution < 1.29 is 18.0 Å². The molecule has 0 aliphatic rings. The summed E-state index contributed by atoms with van der Waals surface area (Å²) >= 11 is 6.17. The van der Waals surface area contributed by atoms with Gasteiger partial charge >= 0.3 is 0 Å². The average Bonchev–Trinajstić information content (AvgIpc) is 2.72. The van der Waals surface area contributed by atoms with Crippen LogP contribution in [0.1, 0.15) is 12.5 Å².